The molecule has 0 aliphatic carbocycles. The summed E-state index contributed by atoms with van der Waals surface area (Å²) in [6.07, 6.45) is 0. The highest BCUT2D eigenvalue weighted by atomic mass is 16.5. The highest BCUT2D eigenvalue weighted by molar-refractivity contribution is 6.06. The fourth-order valence-corrected chi connectivity index (χ4v) is 4.64. The number of benzene rings is 3. The topological polar surface area (TPSA) is 85.2 Å². The molecule has 2 heterocycles. The standard InChI is InChI=1S/C28H26N4O3/c1-16-9-14-21(17(2)15-16)30-26(33)24-18(3)29-28-31-22-7-5-6-8-23(22)32(28)25(24)19-10-12-20(13-11-19)27(34)35-4/h5-15,25H,1-4H3,(H,29,31)(H,30,33)/t25-/m0/s1. The number of hydrogen-bond donors (Lipinski definition) is 2. The van der Waals surface area contributed by atoms with Gasteiger partial charge in [0.1, 0.15) is 0 Å². The van der Waals surface area contributed by atoms with Gasteiger partial charge in [0.25, 0.3) is 5.91 Å². The second-order valence-electron chi connectivity index (χ2n) is 8.75. The molecule has 1 amide bonds. The number of allylic oxidation sites excluding steroid dienone is 1. The zero-order valence-electron chi connectivity index (χ0n) is 20.0. The fraction of sp³-hybridized carbons (Fsp3) is 0.179. The fourth-order valence-electron chi connectivity index (χ4n) is 4.64. The molecule has 2 N–H and O–H groups in total. The van der Waals surface area contributed by atoms with Crippen molar-refractivity contribution in [1.29, 1.82) is 0 Å². The van der Waals surface area contributed by atoms with Crippen molar-refractivity contribution in [2.24, 2.45) is 0 Å². The Hall–Kier alpha value is -4.39. The van der Waals surface area contributed by atoms with Gasteiger partial charge >= 0.3 is 5.97 Å². The van der Waals surface area contributed by atoms with Gasteiger partial charge in [0.2, 0.25) is 5.95 Å². The number of nitrogens with one attached hydrogen (secondary N) is 2. The Balaban J connectivity index is 1.64. The van der Waals surface area contributed by atoms with Gasteiger partial charge in [-0.05, 0) is 62.2 Å². The Morgan fingerprint density at radius 1 is 1.00 bits per heavy atom. The van der Waals surface area contributed by atoms with Crippen LogP contribution >= 0.6 is 0 Å². The molecule has 1 aliphatic heterocycles. The predicted molar refractivity (Wildman–Crippen MR) is 137 cm³/mol. The van der Waals surface area contributed by atoms with Crippen molar-refractivity contribution in [3.05, 3.63) is 100 Å². The number of carbonyl (C=O) groups excluding carboxylic acids is 2. The zero-order valence-corrected chi connectivity index (χ0v) is 20.0. The number of ether oxygens (including phenoxy) is 1. The van der Waals surface area contributed by atoms with Crippen molar-refractivity contribution in [3.63, 3.8) is 0 Å². The minimum atomic E-state index is -0.448. The normalized spacial score (nSPS) is 14.9. The first-order chi connectivity index (χ1) is 16.9. The Kier molecular flexibility index (Phi) is 5.61. The molecule has 0 fully saturated rings. The summed E-state index contributed by atoms with van der Waals surface area (Å²) in [5.41, 5.74) is 7.22. The molecule has 1 aliphatic rings. The molecule has 176 valence electrons. The third kappa shape index (κ3) is 3.95. The number of anilines is 2. The van der Waals surface area contributed by atoms with E-state index >= 15 is 0 Å². The number of para-hydroxylation sites is 2. The molecule has 7 heteroatoms. The molecule has 3 aromatic carbocycles. The molecule has 0 unspecified atom stereocenters. The predicted octanol–water partition coefficient (Wildman–Crippen LogP) is 5.37. The molecule has 7 nitrogen and oxygen atoms in total. The van der Waals surface area contributed by atoms with Crippen LogP contribution in [0.5, 0.6) is 0 Å². The average Bonchev–Trinajstić information content (AvgIpc) is 3.22. The van der Waals surface area contributed by atoms with E-state index in [4.69, 9.17) is 9.72 Å². The van der Waals surface area contributed by atoms with E-state index in [1.165, 1.54) is 7.11 Å². The van der Waals surface area contributed by atoms with E-state index in [-0.39, 0.29) is 5.91 Å². The molecular weight excluding hydrogens is 440 g/mol. The second-order valence-corrected chi connectivity index (χ2v) is 8.75. The number of methoxy groups -OCH3 is 1. The molecule has 0 bridgehead atoms. The first-order valence-corrected chi connectivity index (χ1v) is 11.4. The number of amides is 1. The zero-order chi connectivity index (χ0) is 24.7. The van der Waals surface area contributed by atoms with Gasteiger partial charge in [0.05, 0.1) is 35.3 Å². The lowest BCUT2D eigenvalue weighted by Crippen LogP contribution is -2.31. The number of imidazole rings is 1. The first-order valence-electron chi connectivity index (χ1n) is 11.4. The van der Waals surface area contributed by atoms with Crippen LogP contribution in [0.2, 0.25) is 0 Å². The summed E-state index contributed by atoms with van der Waals surface area (Å²) in [7, 11) is 1.36. The Labute approximate surface area is 203 Å². The van der Waals surface area contributed by atoms with E-state index in [9.17, 15) is 9.59 Å². The summed E-state index contributed by atoms with van der Waals surface area (Å²) in [5.74, 6) is 0.0522. The van der Waals surface area contributed by atoms with Gasteiger partial charge in [-0.3, -0.25) is 9.36 Å². The van der Waals surface area contributed by atoms with E-state index in [0.29, 0.717) is 17.1 Å². The summed E-state index contributed by atoms with van der Waals surface area (Å²) in [6.45, 7) is 5.89. The van der Waals surface area contributed by atoms with Crippen molar-refractivity contribution >= 4 is 34.5 Å². The van der Waals surface area contributed by atoms with Gasteiger partial charge in [-0.15, -0.1) is 0 Å². The number of aryl methyl sites for hydroxylation is 2. The van der Waals surface area contributed by atoms with Crippen LogP contribution in [0, 0.1) is 13.8 Å². The lowest BCUT2D eigenvalue weighted by Gasteiger charge is -2.31. The molecule has 1 aromatic heterocycles. The quantitative estimate of drug-likeness (QED) is 0.395. The van der Waals surface area contributed by atoms with Crippen molar-refractivity contribution in [3.8, 4) is 0 Å². The van der Waals surface area contributed by atoms with Crippen LogP contribution in [0.15, 0.2) is 78.0 Å². The average molecular weight is 467 g/mol. The molecule has 4 aromatic rings. The van der Waals surface area contributed by atoms with Gasteiger partial charge in [-0.1, -0.05) is 42.0 Å². The summed E-state index contributed by atoms with van der Waals surface area (Å²) in [6, 6.07) is 20.5. The number of aromatic nitrogens is 2. The lowest BCUT2D eigenvalue weighted by atomic mass is 9.93. The molecule has 0 saturated heterocycles. The number of esters is 1. The van der Waals surface area contributed by atoms with Crippen molar-refractivity contribution < 1.29 is 14.3 Å². The summed E-state index contributed by atoms with van der Waals surface area (Å²) in [5, 5.41) is 6.43. The van der Waals surface area contributed by atoms with Gasteiger partial charge in [-0.2, -0.15) is 0 Å². The third-order valence-corrected chi connectivity index (χ3v) is 6.35. The number of carbonyl (C=O) groups is 2. The van der Waals surface area contributed by atoms with E-state index < -0.39 is 12.0 Å². The minimum Gasteiger partial charge on any atom is -0.465 e. The van der Waals surface area contributed by atoms with Gasteiger partial charge < -0.3 is 15.4 Å². The summed E-state index contributed by atoms with van der Waals surface area (Å²) in [4.78, 5) is 30.5. The highest BCUT2D eigenvalue weighted by Gasteiger charge is 2.34. The molecule has 0 spiro atoms. The summed E-state index contributed by atoms with van der Waals surface area (Å²) < 4.78 is 6.88. The largest absolute Gasteiger partial charge is 0.465 e. The van der Waals surface area contributed by atoms with Gasteiger partial charge in [0, 0.05) is 11.4 Å². The minimum absolute atomic E-state index is 0.201. The number of hydrogen-bond acceptors (Lipinski definition) is 5. The van der Waals surface area contributed by atoms with Crippen LogP contribution in [0.1, 0.15) is 40.0 Å². The highest BCUT2D eigenvalue weighted by Crippen LogP contribution is 2.39. The molecule has 0 radical (unpaired) electrons. The van der Waals surface area contributed by atoms with Crippen LogP contribution in [-0.2, 0) is 9.53 Å². The second kappa shape index (κ2) is 8.76. The number of fused-ring (bicyclic) bond motifs is 3. The molecule has 5 rings (SSSR count). The van der Waals surface area contributed by atoms with E-state index in [0.717, 1.165) is 39.1 Å². The molecule has 0 saturated carbocycles. The maximum atomic E-state index is 13.8. The smallest absolute Gasteiger partial charge is 0.337 e. The molecule has 1 atom stereocenters. The van der Waals surface area contributed by atoms with Crippen LogP contribution in [0.25, 0.3) is 11.0 Å². The molecule has 35 heavy (non-hydrogen) atoms. The Bertz CT molecular complexity index is 1500. The molecular formula is C28H26N4O3. The van der Waals surface area contributed by atoms with Crippen molar-refractivity contribution in [2.75, 3.05) is 17.7 Å². The van der Waals surface area contributed by atoms with E-state index in [1.807, 2.05) is 79.9 Å². The maximum absolute atomic E-state index is 13.8. The Morgan fingerprint density at radius 3 is 2.46 bits per heavy atom. The lowest BCUT2D eigenvalue weighted by molar-refractivity contribution is -0.113. The van der Waals surface area contributed by atoms with Gasteiger partial charge in [-0.25, -0.2) is 9.78 Å². The first kappa shape index (κ1) is 22.4. The van der Waals surface area contributed by atoms with Crippen molar-refractivity contribution in [1.82, 2.24) is 9.55 Å². The van der Waals surface area contributed by atoms with Gasteiger partial charge in [0.15, 0.2) is 0 Å². The van der Waals surface area contributed by atoms with E-state index in [2.05, 4.69) is 10.6 Å². The summed E-state index contributed by atoms with van der Waals surface area (Å²) >= 11 is 0. The Morgan fingerprint density at radius 2 is 1.74 bits per heavy atom. The SMILES string of the molecule is COC(=O)c1ccc([C@H]2C(C(=O)Nc3ccc(C)cc3C)=C(C)Nc3nc4ccccc4n32)cc1. The van der Waals surface area contributed by atoms with Crippen LogP contribution in [0.3, 0.4) is 0 Å². The van der Waals surface area contributed by atoms with Crippen LogP contribution < -0.4 is 10.6 Å². The van der Waals surface area contributed by atoms with E-state index in [1.54, 1.807) is 12.1 Å². The van der Waals surface area contributed by atoms with Crippen molar-refractivity contribution in [2.45, 2.75) is 26.8 Å². The monoisotopic (exact) mass is 466 g/mol. The van der Waals surface area contributed by atoms with Crippen LogP contribution in [-0.4, -0.2) is 28.5 Å². The maximum Gasteiger partial charge on any atom is 0.337 e. The number of nitrogens with zero attached hydrogens (tertiary/aromatic N) is 2. The van der Waals surface area contributed by atoms with Crippen LogP contribution in [0.4, 0.5) is 11.6 Å². The third-order valence-electron chi connectivity index (χ3n) is 6.35. The number of rotatable bonds is 4.